The molecule has 0 aromatic heterocycles. The molecule has 0 spiro atoms. The van der Waals surface area contributed by atoms with Crippen LogP contribution in [-0.4, -0.2) is 42.3 Å². The number of nitrogens with zero attached hydrogens (tertiary/aromatic N) is 1. The van der Waals surface area contributed by atoms with Crippen molar-refractivity contribution < 1.29 is 19.1 Å². The molecule has 1 saturated heterocycles. The second-order valence-electron chi connectivity index (χ2n) is 5.51. The fourth-order valence-electron chi connectivity index (χ4n) is 1.93. The maximum Gasteiger partial charge on any atom is 0.411 e. The van der Waals surface area contributed by atoms with Gasteiger partial charge in [0.25, 0.3) is 0 Å². The standard InChI is InChI=1S/C12H21NO4/c1-8-6-9(10(14)16-5)13(7-8)11(15)17-12(2,3)4/h8-9H,6-7H2,1-5H3/t8-,9-/m1/s1. The van der Waals surface area contributed by atoms with Gasteiger partial charge in [0.2, 0.25) is 0 Å². The molecule has 1 aliphatic rings. The average Bonchev–Trinajstić information content (AvgIpc) is 2.56. The van der Waals surface area contributed by atoms with Crippen LogP contribution in [0.3, 0.4) is 0 Å². The highest BCUT2D eigenvalue weighted by Crippen LogP contribution is 2.25. The summed E-state index contributed by atoms with van der Waals surface area (Å²) in [7, 11) is 1.33. The Balaban J connectivity index is 2.73. The minimum absolute atomic E-state index is 0.284. The lowest BCUT2D eigenvalue weighted by molar-refractivity contribution is -0.145. The Morgan fingerprint density at radius 3 is 2.35 bits per heavy atom. The molecule has 0 radical (unpaired) electrons. The lowest BCUT2D eigenvalue weighted by Gasteiger charge is -2.27. The van der Waals surface area contributed by atoms with Crippen molar-refractivity contribution in [2.45, 2.75) is 45.8 Å². The van der Waals surface area contributed by atoms with Crippen molar-refractivity contribution in [2.24, 2.45) is 5.92 Å². The number of methoxy groups -OCH3 is 1. The quantitative estimate of drug-likeness (QED) is 0.659. The Hall–Kier alpha value is -1.26. The van der Waals surface area contributed by atoms with Crippen molar-refractivity contribution in [3.05, 3.63) is 0 Å². The van der Waals surface area contributed by atoms with Crippen LogP contribution < -0.4 is 0 Å². The zero-order valence-electron chi connectivity index (χ0n) is 11.1. The predicted octanol–water partition coefficient (Wildman–Crippen LogP) is 1.80. The Morgan fingerprint density at radius 1 is 1.29 bits per heavy atom. The van der Waals surface area contributed by atoms with E-state index in [1.807, 2.05) is 6.92 Å². The van der Waals surface area contributed by atoms with Gasteiger partial charge in [-0.2, -0.15) is 0 Å². The molecule has 5 nitrogen and oxygen atoms in total. The average molecular weight is 243 g/mol. The summed E-state index contributed by atoms with van der Waals surface area (Å²) >= 11 is 0. The second kappa shape index (κ2) is 4.94. The molecule has 5 heteroatoms. The Kier molecular flexibility index (Phi) is 4.01. The van der Waals surface area contributed by atoms with Gasteiger partial charge in [0.1, 0.15) is 11.6 Å². The van der Waals surface area contributed by atoms with Crippen LogP contribution in [0.25, 0.3) is 0 Å². The zero-order valence-corrected chi connectivity index (χ0v) is 11.1. The topological polar surface area (TPSA) is 55.8 Å². The van der Waals surface area contributed by atoms with E-state index in [9.17, 15) is 9.59 Å². The normalized spacial score (nSPS) is 24.6. The number of esters is 1. The van der Waals surface area contributed by atoms with E-state index in [1.54, 1.807) is 20.8 Å². The third kappa shape index (κ3) is 3.61. The number of ether oxygens (including phenoxy) is 2. The third-order valence-corrected chi connectivity index (χ3v) is 2.61. The van der Waals surface area contributed by atoms with Crippen molar-refractivity contribution in [1.82, 2.24) is 4.90 Å². The molecule has 98 valence electrons. The largest absolute Gasteiger partial charge is 0.467 e. The fourth-order valence-corrected chi connectivity index (χ4v) is 1.93. The molecule has 2 atom stereocenters. The number of carbonyl (C=O) groups excluding carboxylic acids is 2. The van der Waals surface area contributed by atoms with E-state index in [-0.39, 0.29) is 11.9 Å². The molecule has 0 saturated carbocycles. The maximum absolute atomic E-state index is 11.9. The highest BCUT2D eigenvalue weighted by atomic mass is 16.6. The van der Waals surface area contributed by atoms with Gasteiger partial charge in [-0.1, -0.05) is 6.92 Å². The van der Waals surface area contributed by atoms with Crippen LogP contribution in [0, 0.1) is 5.92 Å². The first-order chi connectivity index (χ1) is 7.74. The Morgan fingerprint density at radius 2 is 1.88 bits per heavy atom. The van der Waals surface area contributed by atoms with Crippen LogP contribution >= 0.6 is 0 Å². The van der Waals surface area contributed by atoms with E-state index < -0.39 is 17.7 Å². The first-order valence-electron chi connectivity index (χ1n) is 5.82. The molecule has 1 rings (SSSR count). The SMILES string of the molecule is COC(=O)[C@H]1C[C@@H](C)CN1C(=O)OC(C)(C)C. The van der Waals surface area contributed by atoms with E-state index in [0.717, 1.165) is 0 Å². The summed E-state index contributed by atoms with van der Waals surface area (Å²) in [4.78, 5) is 25.0. The minimum Gasteiger partial charge on any atom is -0.467 e. The van der Waals surface area contributed by atoms with Gasteiger partial charge in [-0.15, -0.1) is 0 Å². The number of rotatable bonds is 1. The number of carbonyl (C=O) groups is 2. The zero-order chi connectivity index (χ0) is 13.2. The molecular formula is C12H21NO4. The van der Waals surface area contributed by atoms with Crippen molar-refractivity contribution in [3.63, 3.8) is 0 Å². The highest BCUT2D eigenvalue weighted by molar-refractivity contribution is 5.82. The van der Waals surface area contributed by atoms with Crippen molar-refractivity contribution >= 4 is 12.1 Å². The molecule has 1 heterocycles. The molecule has 0 bridgehead atoms. The van der Waals surface area contributed by atoms with Gasteiger partial charge in [-0.3, -0.25) is 4.90 Å². The summed E-state index contributed by atoms with van der Waals surface area (Å²) in [6, 6.07) is -0.509. The summed E-state index contributed by atoms with van der Waals surface area (Å²) in [5.41, 5.74) is -0.552. The summed E-state index contributed by atoms with van der Waals surface area (Å²) in [6.45, 7) is 7.95. The minimum atomic E-state index is -0.552. The first kappa shape index (κ1) is 13.8. The molecule has 1 fully saturated rings. The van der Waals surface area contributed by atoms with E-state index >= 15 is 0 Å². The van der Waals surface area contributed by atoms with Gasteiger partial charge < -0.3 is 9.47 Å². The predicted molar refractivity (Wildman–Crippen MR) is 62.5 cm³/mol. The maximum atomic E-state index is 11.9. The van der Waals surface area contributed by atoms with Gasteiger partial charge in [0.15, 0.2) is 0 Å². The summed E-state index contributed by atoms with van der Waals surface area (Å²) in [6.07, 6.45) is 0.184. The van der Waals surface area contributed by atoms with Crippen molar-refractivity contribution in [3.8, 4) is 0 Å². The Bertz CT molecular complexity index is 308. The van der Waals surface area contributed by atoms with Crippen LogP contribution in [0.15, 0.2) is 0 Å². The van der Waals surface area contributed by atoms with Crippen LogP contribution in [0.1, 0.15) is 34.1 Å². The number of likely N-dealkylation sites (tertiary alicyclic amines) is 1. The fraction of sp³-hybridized carbons (Fsp3) is 0.833. The van der Waals surface area contributed by atoms with Crippen LogP contribution in [-0.2, 0) is 14.3 Å². The van der Waals surface area contributed by atoms with Gasteiger partial charge in [0, 0.05) is 6.54 Å². The molecule has 1 aliphatic heterocycles. The summed E-state index contributed by atoms with van der Waals surface area (Å²) in [5.74, 6) is -0.0909. The van der Waals surface area contributed by atoms with E-state index in [4.69, 9.17) is 9.47 Å². The molecule has 17 heavy (non-hydrogen) atoms. The van der Waals surface area contributed by atoms with E-state index in [2.05, 4.69) is 0 Å². The van der Waals surface area contributed by atoms with Gasteiger partial charge in [-0.25, -0.2) is 9.59 Å². The molecule has 0 aliphatic carbocycles. The van der Waals surface area contributed by atoms with Crippen LogP contribution in [0.2, 0.25) is 0 Å². The van der Waals surface area contributed by atoms with E-state index in [0.29, 0.717) is 13.0 Å². The smallest absolute Gasteiger partial charge is 0.411 e. The third-order valence-electron chi connectivity index (χ3n) is 2.61. The van der Waals surface area contributed by atoms with Crippen molar-refractivity contribution in [1.29, 1.82) is 0 Å². The number of hydrogen-bond donors (Lipinski definition) is 0. The molecule has 0 N–H and O–H groups in total. The highest BCUT2D eigenvalue weighted by Gasteiger charge is 2.40. The van der Waals surface area contributed by atoms with E-state index in [1.165, 1.54) is 12.0 Å². The molecule has 0 unspecified atom stereocenters. The Labute approximate surface area is 102 Å². The second-order valence-corrected chi connectivity index (χ2v) is 5.51. The molecule has 1 amide bonds. The first-order valence-corrected chi connectivity index (χ1v) is 5.82. The van der Waals surface area contributed by atoms with Crippen molar-refractivity contribution in [2.75, 3.05) is 13.7 Å². The van der Waals surface area contributed by atoms with Gasteiger partial charge >= 0.3 is 12.1 Å². The lowest BCUT2D eigenvalue weighted by Crippen LogP contribution is -2.43. The molecule has 0 aromatic rings. The van der Waals surface area contributed by atoms with Crippen LogP contribution in [0.4, 0.5) is 4.79 Å². The summed E-state index contributed by atoms with van der Waals surface area (Å²) < 4.78 is 9.98. The lowest BCUT2D eigenvalue weighted by atomic mass is 10.1. The molecular weight excluding hydrogens is 222 g/mol. The number of amides is 1. The van der Waals surface area contributed by atoms with Crippen LogP contribution in [0.5, 0.6) is 0 Å². The number of hydrogen-bond acceptors (Lipinski definition) is 4. The summed E-state index contributed by atoms with van der Waals surface area (Å²) in [5, 5.41) is 0. The monoisotopic (exact) mass is 243 g/mol. The van der Waals surface area contributed by atoms with Gasteiger partial charge in [0.05, 0.1) is 7.11 Å². The molecule has 0 aromatic carbocycles. The van der Waals surface area contributed by atoms with Gasteiger partial charge in [-0.05, 0) is 33.1 Å².